The Morgan fingerprint density at radius 2 is 2.00 bits per heavy atom. The Morgan fingerprint density at radius 3 is 2.69 bits per heavy atom. The second kappa shape index (κ2) is 7.41. The van der Waals surface area contributed by atoms with E-state index in [1.165, 1.54) is 18.7 Å². The number of aryl methyl sites for hydroxylation is 1. The van der Waals surface area contributed by atoms with E-state index >= 15 is 0 Å². The van der Waals surface area contributed by atoms with E-state index < -0.39 is 0 Å². The van der Waals surface area contributed by atoms with Gasteiger partial charge in [-0.15, -0.1) is 0 Å². The quantitative estimate of drug-likeness (QED) is 0.785. The zero-order valence-electron chi connectivity index (χ0n) is 15.8. The first-order valence-corrected chi connectivity index (χ1v) is 10.3. The van der Waals surface area contributed by atoms with Gasteiger partial charge in [-0.1, -0.05) is 13.3 Å². The fraction of sp³-hybridized carbons (Fsp3) is 0.750. The number of imidazole rings is 1. The Labute approximate surface area is 155 Å². The molecular weight excluding hydrogens is 328 g/mol. The molecule has 3 fully saturated rings. The van der Waals surface area contributed by atoms with E-state index in [9.17, 15) is 9.59 Å². The van der Waals surface area contributed by atoms with E-state index in [1.54, 1.807) is 0 Å². The van der Waals surface area contributed by atoms with Gasteiger partial charge >= 0.3 is 0 Å². The highest BCUT2D eigenvalue weighted by molar-refractivity contribution is 5.89. The molecule has 6 heteroatoms. The van der Waals surface area contributed by atoms with E-state index in [-0.39, 0.29) is 17.7 Å². The number of carbonyl (C=O) groups is 2. The summed E-state index contributed by atoms with van der Waals surface area (Å²) in [5, 5.41) is 0. The SMILES string of the molecule is CCCCn1ccnc1C1CCN(C(=O)C2CC(=O)N(C3CC3)C2)CC1. The van der Waals surface area contributed by atoms with Crippen molar-refractivity contribution >= 4 is 11.8 Å². The summed E-state index contributed by atoms with van der Waals surface area (Å²) in [7, 11) is 0. The summed E-state index contributed by atoms with van der Waals surface area (Å²) >= 11 is 0. The van der Waals surface area contributed by atoms with Gasteiger partial charge in [-0.05, 0) is 32.1 Å². The van der Waals surface area contributed by atoms with Gasteiger partial charge in [-0.2, -0.15) is 0 Å². The number of hydrogen-bond donors (Lipinski definition) is 0. The Kier molecular flexibility index (Phi) is 5.00. The lowest BCUT2D eigenvalue weighted by molar-refractivity contribution is -0.136. The van der Waals surface area contributed by atoms with Crippen LogP contribution in [-0.2, 0) is 16.1 Å². The monoisotopic (exact) mass is 358 g/mol. The summed E-state index contributed by atoms with van der Waals surface area (Å²) < 4.78 is 2.29. The van der Waals surface area contributed by atoms with Crippen molar-refractivity contribution in [3.05, 3.63) is 18.2 Å². The molecular formula is C20H30N4O2. The van der Waals surface area contributed by atoms with Gasteiger partial charge in [0.05, 0.1) is 5.92 Å². The van der Waals surface area contributed by atoms with Crippen molar-refractivity contribution in [2.75, 3.05) is 19.6 Å². The Hall–Kier alpha value is -1.85. The third-order valence-electron chi connectivity index (χ3n) is 6.17. The third kappa shape index (κ3) is 3.51. The maximum atomic E-state index is 12.9. The van der Waals surface area contributed by atoms with Crippen LogP contribution in [0.15, 0.2) is 12.4 Å². The topological polar surface area (TPSA) is 58.4 Å². The average molecular weight is 358 g/mol. The first kappa shape index (κ1) is 17.6. The standard InChI is InChI=1S/C20H30N4O2/c1-2-3-9-22-12-8-21-19(22)15-6-10-23(11-7-15)20(26)16-13-18(25)24(14-16)17-4-5-17/h8,12,15-17H,2-7,9-11,13-14H2,1H3. The number of piperidine rings is 1. The number of aromatic nitrogens is 2. The van der Waals surface area contributed by atoms with Crippen molar-refractivity contribution in [2.24, 2.45) is 5.92 Å². The zero-order valence-corrected chi connectivity index (χ0v) is 15.8. The summed E-state index contributed by atoms with van der Waals surface area (Å²) in [5.74, 6) is 1.87. The second-order valence-corrected chi connectivity index (χ2v) is 8.11. The molecule has 1 unspecified atom stereocenters. The summed E-state index contributed by atoms with van der Waals surface area (Å²) in [6.45, 7) is 5.46. The largest absolute Gasteiger partial charge is 0.342 e. The second-order valence-electron chi connectivity index (χ2n) is 8.11. The van der Waals surface area contributed by atoms with Gasteiger partial charge < -0.3 is 14.4 Å². The van der Waals surface area contributed by atoms with Crippen molar-refractivity contribution < 1.29 is 9.59 Å². The summed E-state index contributed by atoms with van der Waals surface area (Å²) in [5.41, 5.74) is 0. The fourth-order valence-corrected chi connectivity index (χ4v) is 4.45. The molecule has 2 saturated heterocycles. The number of carbonyl (C=O) groups excluding carboxylic acids is 2. The molecule has 0 N–H and O–H groups in total. The molecule has 3 aliphatic rings. The lowest BCUT2D eigenvalue weighted by atomic mass is 9.94. The molecule has 1 saturated carbocycles. The first-order valence-electron chi connectivity index (χ1n) is 10.3. The lowest BCUT2D eigenvalue weighted by Crippen LogP contribution is -2.42. The van der Waals surface area contributed by atoms with Gasteiger partial charge in [0.15, 0.2) is 0 Å². The molecule has 142 valence electrons. The summed E-state index contributed by atoms with van der Waals surface area (Å²) in [6.07, 6.45) is 10.9. The summed E-state index contributed by atoms with van der Waals surface area (Å²) in [4.78, 5) is 33.5. The number of amides is 2. The fourth-order valence-electron chi connectivity index (χ4n) is 4.45. The molecule has 1 aromatic heterocycles. The highest BCUT2D eigenvalue weighted by Crippen LogP contribution is 2.34. The molecule has 2 amide bonds. The van der Waals surface area contributed by atoms with Gasteiger partial charge in [0.1, 0.15) is 5.82 Å². The Morgan fingerprint density at radius 1 is 1.23 bits per heavy atom. The highest BCUT2D eigenvalue weighted by Gasteiger charge is 2.43. The van der Waals surface area contributed by atoms with E-state index in [0.29, 0.717) is 24.9 Å². The van der Waals surface area contributed by atoms with E-state index in [4.69, 9.17) is 0 Å². The minimum absolute atomic E-state index is 0.119. The number of hydrogen-bond acceptors (Lipinski definition) is 3. The van der Waals surface area contributed by atoms with Crippen LogP contribution in [0.2, 0.25) is 0 Å². The van der Waals surface area contributed by atoms with Gasteiger partial charge in [0.2, 0.25) is 11.8 Å². The van der Waals surface area contributed by atoms with Crippen LogP contribution in [0.5, 0.6) is 0 Å². The number of rotatable bonds is 6. The van der Waals surface area contributed by atoms with Gasteiger partial charge in [-0.3, -0.25) is 9.59 Å². The number of nitrogens with zero attached hydrogens (tertiary/aromatic N) is 4. The van der Waals surface area contributed by atoms with Gasteiger partial charge in [0, 0.05) is 57.0 Å². The molecule has 2 aliphatic heterocycles. The van der Waals surface area contributed by atoms with Crippen molar-refractivity contribution in [2.45, 2.75) is 70.4 Å². The van der Waals surface area contributed by atoms with Crippen LogP contribution in [0.25, 0.3) is 0 Å². The molecule has 3 heterocycles. The van der Waals surface area contributed by atoms with Crippen molar-refractivity contribution in [3.8, 4) is 0 Å². The third-order valence-corrected chi connectivity index (χ3v) is 6.17. The normalized spacial score (nSPS) is 24.5. The van der Waals surface area contributed by atoms with E-state index in [0.717, 1.165) is 45.3 Å². The van der Waals surface area contributed by atoms with Crippen molar-refractivity contribution in [1.82, 2.24) is 19.4 Å². The lowest BCUT2D eigenvalue weighted by Gasteiger charge is -2.33. The van der Waals surface area contributed by atoms with Crippen LogP contribution in [0.4, 0.5) is 0 Å². The smallest absolute Gasteiger partial charge is 0.227 e. The summed E-state index contributed by atoms with van der Waals surface area (Å²) in [6, 6.07) is 0.424. The van der Waals surface area contributed by atoms with E-state index in [2.05, 4.69) is 22.7 Å². The molecule has 26 heavy (non-hydrogen) atoms. The Balaban J connectivity index is 1.31. The van der Waals surface area contributed by atoms with Crippen LogP contribution >= 0.6 is 0 Å². The van der Waals surface area contributed by atoms with Crippen LogP contribution < -0.4 is 0 Å². The Bertz CT molecular complexity index is 659. The highest BCUT2D eigenvalue weighted by atomic mass is 16.2. The predicted octanol–water partition coefficient (Wildman–Crippen LogP) is 2.40. The molecule has 0 aromatic carbocycles. The molecule has 1 atom stereocenters. The maximum absolute atomic E-state index is 12.9. The molecule has 1 aromatic rings. The molecule has 1 aliphatic carbocycles. The van der Waals surface area contributed by atoms with Crippen molar-refractivity contribution in [1.29, 1.82) is 0 Å². The molecule has 0 radical (unpaired) electrons. The average Bonchev–Trinajstić information content (AvgIpc) is 3.27. The molecule has 0 spiro atoms. The van der Waals surface area contributed by atoms with Crippen LogP contribution in [0.3, 0.4) is 0 Å². The molecule has 0 bridgehead atoms. The minimum atomic E-state index is -0.119. The first-order chi connectivity index (χ1) is 12.7. The zero-order chi connectivity index (χ0) is 18.1. The predicted molar refractivity (Wildman–Crippen MR) is 98.5 cm³/mol. The van der Waals surface area contributed by atoms with E-state index in [1.807, 2.05) is 16.0 Å². The van der Waals surface area contributed by atoms with Gasteiger partial charge in [-0.25, -0.2) is 4.98 Å². The number of unbranched alkanes of at least 4 members (excludes halogenated alkanes) is 1. The molecule has 6 nitrogen and oxygen atoms in total. The van der Waals surface area contributed by atoms with Crippen LogP contribution in [-0.4, -0.2) is 56.8 Å². The maximum Gasteiger partial charge on any atom is 0.227 e. The minimum Gasteiger partial charge on any atom is -0.342 e. The van der Waals surface area contributed by atoms with Crippen LogP contribution in [0.1, 0.15) is 63.6 Å². The number of likely N-dealkylation sites (tertiary alicyclic amines) is 2. The van der Waals surface area contributed by atoms with Crippen molar-refractivity contribution in [3.63, 3.8) is 0 Å². The molecule has 4 rings (SSSR count). The van der Waals surface area contributed by atoms with Gasteiger partial charge in [0.25, 0.3) is 0 Å². The van der Waals surface area contributed by atoms with Crippen LogP contribution in [0, 0.1) is 5.92 Å².